The molecule has 2 aromatic rings. The number of rotatable bonds is 2. The molecule has 2 aromatic heterocycles. The van der Waals surface area contributed by atoms with Crippen LogP contribution in [0.3, 0.4) is 0 Å². The summed E-state index contributed by atoms with van der Waals surface area (Å²) in [7, 11) is 2.11. The quantitative estimate of drug-likeness (QED) is 0.822. The number of carbonyl (C=O) groups is 1. The average molecular weight is 345 g/mol. The van der Waals surface area contributed by atoms with E-state index in [1.165, 1.54) is 6.39 Å². The minimum atomic E-state index is -0.0553. The second kappa shape index (κ2) is 5.94. The second-order valence-electron chi connectivity index (χ2n) is 7.37. The van der Waals surface area contributed by atoms with E-state index in [0.717, 1.165) is 38.9 Å². The van der Waals surface area contributed by atoms with E-state index < -0.39 is 0 Å². The zero-order valence-corrected chi connectivity index (χ0v) is 14.9. The SMILES string of the molecule is Cc1noc(C2CC3(CCN(C(=O)c4ocnc4C)CC3)CN2C)n1. The molecule has 1 amide bonds. The number of nitrogens with zero attached hydrogens (tertiary/aromatic N) is 5. The second-order valence-corrected chi connectivity index (χ2v) is 7.37. The standard InChI is InChI=1S/C17H23N5O3/c1-11-14(24-10-18-11)16(23)22-6-4-17(5-7-22)8-13(21(3)9-17)15-19-12(2)20-25-15/h10,13H,4-9H2,1-3H3. The molecule has 0 bridgehead atoms. The number of aryl methyl sites for hydroxylation is 2. The van der Waals surface area contributed by atoms with Gasteiger partial charge in [0.2, 0.25) is 11.7 Å². The summed E-state index contributed by atoms with van der Waals surface area (Å²) in [5, 5.41) is 3.92. The first-order chi connectivity index (χ1) is 12.0. The fourth-order valence-electron chi connectivity index (χ4n) is 4.19. The highest BCUT2D eigenvalue weighted by Gasteiger charge is 2.47. The third-order valence-electron chi connectivity index (χ3n) is 5.62. The van der Waals surface area contributed by atoms with Gasteiger partial charge in [-0.05, 0) is 45.6 Å². The smallest absolute Gasteiger partial charge is 0.291 e. The molecule has 0 aromatic carbocycles. The number of likely N-dealkylation sites (tertiary alicyclic amines) is 2. The first-order valence-corrected chi connectivity index (χ1v) is 8.67. The normalized spacial score (nSPS) is 23.5. The van der Waals surface area contributed by atoms with E-state index in [1.54, 1.807) is 6.92 Å². The highest BCUT2D eigenvalue weighted by molar-refractivity contribution is 5.92. The van der Waals surface area contributed by atoms with Crippen molar-refractivity contribution in [1.29, 1.82) is 0 Å². The molecule has 8 heteroatoms. The van der Waals surface area contributed by atoms with Crippen LogP contribution >= 0.6 is 0 Å². The molecule has 2 saturated heterocycles. The Kier molecular flexibility index (Phi) is 3.87. The lowest BCUT2D eigenvalue weighted by molar-refractivity contribution is 0.0562. The van der Waals surface area contributed by atoms with Gasteiger partial charge in [-0.3, -0.25) is 9.69 Å². The van der Waals surface area contributed by atoms with E-state index in [4.69, 9.17) is 8.94 Å². The van der Waals surface area contributed by atoms with E-state index in [1.807, 2.05) is 11.8 Å². The third kappa shape index (κ3) is 2.84. The fraction of sp³-hybridized carbons (Fsp3) is 0.647. The van der Waals surface area contributed by atoms with Gasteiger partial charge in [0, 0.05) is 19.6 Å². The molecule has 2 aliphatic rings. The van der Waals surface area contributed by atoms with Gasteiger partial charge in [-0.25, -0.2) is 4.98 Å². The summed E-state index contributed by atoms with van der Waals surface area (Å²) in [6, 6.07) is 0.167. The Bertz CT molecular complexity index is 775. The Hall–Kier alpha value is -2.22. The highest BCUT2D eigenvalue weighted by Crippen LogP contribution is 2.48. The molecule has 1 unspecified atom stereocenters. The number of amides is 1. The Balaban J connectivity index is 1.43. The first kappa shape index (κ1) is 16.3. The van der Waals surface area contributed by atoms with Crippen LogP contribution in [0.25, 0.3) is 0 Å². The maximum Gasteiger partial charge on any atom is 0.291 e. The molecule has 0 saturated carbocycles. The van der Waals surface area contributed by atoms with Crippen molar-refractivity contribution in [2.24, 2.45) is 5.41 Å². The Morgan fingerprint density at radius 3 is 2.68 bits per heavy atom. The van der Waals surface area contributed by atoms with Crippen molar-refractivity contribution in [3.8, 4) is 0 Å². The third-order valence-corrected chi connectivity index (χ3v) is 5.62. The van der Waals surface area contributed by atoms with Crippen molar-refractivity contribution in [3.63, 3.8) is 0 Å². The molecule has 1 spiro atoms. The summed E-state index contributed by atoms with van der Waals surface area (Å²) in [5.74, 6) is 1.68. The van der Waals surface area contributed by atoms with Crippen LogP contribution in [0.15, 0.2) is 15.3 Å². The fourth-order valence-corrected chi connectivity index (χ4v) is 4.19. The summed E-state index contributed by atoms with van der Waals surface area (Å²) in [5.41, 5.74) is 0.854. The van der Waals surface area contributed by atoms with Crippen molar-refractivity contribution >= 4 is 5.91 Å². The topological polar surface area (TPSA) is 88.5 Å². The summed E-state index contributed by atoms with van der Waals surface area (Å²) in [4.78, 5) is 25.2. The average Bonchev–Trinajstić information content (AvgIpc) is 3.28. The monoisotopic (exact) mass is 345 g/mol. The van der Waals surface area contributed by atoms with Crippen LogP contribution in [0.2, 0.25) is 0 Å². The predicted octanol–water partition coefficient (Wildman–Crippen LogP) is 1.97. The van der Waals surface area contributed by atoms with Gasteiger partial charge in [-0.2, -0.15) is 4.98 Å². The summed E-state index contributed by atoms with van der Waals surface area (Å²) >= 11 is 0. The van der Waals surface area contributed by atoms with Crippen LogP contribution < -0.4 is 0 Å². The Labute approximate surface area is 146 Å². The molecular formula is C17H23N5O3. The van der Waals surface area contributed by atoms with Crippen LogP contribution in [0.5, 0.6) is 0 Å². The Morgan fingerprint density at radius 1 is 1.32 bits per heavy atom. The van der Waals surface area contributed by atoms with Gasteiger partial charge in [0.05, 0.1) is 11.7 Å². The summed E-state index contributed by atoms with van der Waals surface area (Å²) < 4.78 is 10.6. The summed E-state index contributed by atoms with van der Waals surface area (Å²) in [6.45, 7) is 6.10. The van der Waals surface area contributed by atoms with Gasteiger partial charge < -0.3 is 13.8 Å². The molecule has 134 valence electrons. The molecule has 8 nitrogen and oxygen atoms in total. The van der Waals surface area contributed by atoms with Gasteiger partial charge in [-0.15, -0.1) is 0 Å². The van der Waals surface area contributed by atoms with Crippen molar-refractivity contribution in [3.05, 3.63) is 29.6 Å². The van der Waals surface area contributed by atoms with Gasteiger partial charge in [0.15, 0.2) is 12.2 Å². The molecule has 0 N–H and O–H groups in total. The summed E-state index contributed by atoms with van der Waals surface area (Å²) in [6.07, 6.45) is 4.27. The van der Waals surface area contributed by atoms with Crippen molar-refractivity contribution in [1.82, 2.24) is 24.9 Å². The minimum Gasteiger partial charge on any atom is -0.438 e. The van der Waals surface area contributed by atoms with Gasteiger partial charge in [0.25, 0.3) is 5.91 Å². The van der Waals surface area contributed by atoms with Crippen LogP contribution in [0, 0.1) is 19.3 Å². The Morgan fingerprint density at radius 2 is 2.08 bits per heavy atom. The molecule has 4 heterocycles. The van der Waals surface area contributed by atoms with Crippen molar-refractivity contribution in [2.45, 2.75) is 39.2 Å². The number of oxazole rings is 1. The zero-order valence-electron chi connectivity index (χ0n) is 14.9. The van der Waals surface area contributed by atoms with Gasteiger partial charge >= 0.3 is 0 Å². The lowest BCUT2D eigenvalue weighted by Gasteiger charge is -2.38. The largest absolute Gasteiger partial charge is 0.438 e. The van der Waals surface area contributed by atoms with Gasteiger partial charge in [0.1, 0.15) is 0 Å². The maximum absolute atomic E-state index is 12.6. The van der Waals surface area contributed by atoms with Crippen LogP contribution in [-0.2, 0) is 0 Å². The molecular weight excluding hydrogens is 322 g/mol. The van der Waals surface area contributed by atoms with E-state index in [0.29, 0.717) is 23.2 Å². The lowest BCUT2D eigenvalue weighted by Crippen LogP contribution is -2.44. The first-order valence-electron chi connectivity index (χ1n) is 8.67. The maximum atomic E-state index is 12.6. The molecule has 2 aliphatic heterocycles. The number of carbonyl (C=O) groups excluding carboxylic acids is 1. The van der Waals surface area contributed by atoms with E-state index in [2.05, 4.69) is 27.1 Å². The minimum absolute atomic E-state index is 0.0553. The number of aromatic nitrogens is 3. The van der Waals surface area contributed by atoms with Crippen molar-refractivity contribution < 1.29 is 13.7 Å². The van der Waals surface area contributed by atoms with Crippen LogP contribution in [0.4, 0.5) is 0 Å². The van der Waals surface area contributed by atoms with Crippen LogP contribution in [0.1, 0.15) is 53.3 Å². The van der Waals surface area contributed by atoms with E-state index in [9.17, 15) is 4.79 Å². The lowest BCUT2D eigenvalue weighted by atomic mass is 9.76. The number of piperidine rings is 1. The van der Waals surface area contributed by atoms with E-state index >= 15 is 0 Å². The molecule has 1 atom stereocenters. The van der Waals surface area contributed by atoms with Crippen LogP contribution in [-0.4, -0.2) is 57.5 Å². The predicted molar refractivity (Wildman–Crippen MR) is 87.8 cm³/mol. The zero-order chi connectivity index (χ0) is 17.6. The van der Waals surface area contributed by atoms with Crippen molar-refractivity contribution in [2.75, 3.05) is 26.7 Å². The molecule has 2 fully saturated rings. The highest BCUT2D eigenvalue weighted by atomic mass is 16.5. The molecule has 0 aliphatic carbocycles. The number of hydrogen-bond acceptors (Lipinski definition) is 7. The van der Waals surface area contributed by atoms with E-state index in [-0.39, 0.29) is 17.4 Å². The molecule has 0 radical (unpaired) electrons. The van der Waals surface area contributed by atoms with Gasteiger partial charge in [-0.1, -0.05) is 5.16 Å². The molecule has 25 heavy (non-hydrogen) atoms. The molecule has 4 rings (SSSR count). The number of hydrogen-bond donors (Lipinski definition) is 0.